The molecule has 0 heterocycles. The van der Waals surface area contributed by atoms with Crippen LogP contribution >= 0.6 is 0 Å². The quantitative estimate of drug-likeness (QED) is 0.582. The van der Waals surface area contributed by atoms with Crippen molar-refractivity contribution < 1.29 is 19.2 Å². The Morgan fingerprint density at radius 1 is 1.62 bits per heavy atom. The Kier molecular flexibility index (Phi) is 3.51. The summed E-state index contributed by atoms with van der Waals surface area (Å²) < 4.78 is 13.5. The SMILES string of the molecule is N[C@@H](Cc1cccc([N+](=O)[O-])c1F)C(=O)O. The maximum atomic E-state index is 13.5. The van der Waals surface area contributed by atoms with Crippen LogP contribution in [0.4, 0.5) is 10.1 Å². The van der Waals surface area contributed by atoms with Crippen LogP contribution in [0, 0.1) is 15.9 Å². The molecule has 0 unspecified atom stereocenters. The van der Waals surface area contributed by atoms with Crippen LogP contribution in [-0.4, -0.2) is 22.0 Å². The number of hydrogen-bond donors (Lipinski definition) is 2. The largest absolute Gasteiger partial charge is 0.480 e. The van der Waals surface area contributed by atoms with Crippen molar-refractivity contribution in [3.63, 3.8) is 0 Å². The van der Waals surface area contributed by atoms with E-state index in [2.05, 4.69) is 0 Å². The minimum Gasteiger partial charge on any atom is -0.480 e. The minimum absolute atomic E-state index is 0.0795. The third kappa shape index (κ3) is 2.51. The van der Waals surface area contributed by atoms with Crippen molar-refractivity contribution in [2.45, 2.75) is 12.5 Å². The molecule has 0 aliphatic rings. The second-order valence-corrected chi connectivity index (χ2v) is 3.16. The third-order valence-corrected chi connectivity index (χ3v) is 2.01. The van der Waals surface area contributed by atoms with E-state index >= 15 is 0 Å². The van der Waals surface area contributed by atoms with E-state index < -0.39 is 28.4 Å². The standard InChI is InChI=1S/C9H9FN2O4/c10-8-5(4-6(11)9(13)14)2-1-3-7(8)12(15)16/h1-3,6H,4,11H2,(H,13,14)/t6-/m0/s1. The van der Waals surface area contributed by atoms with Crippen LogP contribution in [0.15, 0.2) is 18.2 Å². The second-order valence-electron chi connectivity index (χ2n) is 3.16. The van der Waals surface area contributed by atoms with Gasteiger partial charge in [0.15, 0.2) is 0 Å². The summed E-state index contributed by atoms with van der Waals surface area (Å²) in [4.78, 5) is 20.0. The van der Waals surface area contributed by atoms with Gasteiger partial charge in [-0.3, -0.25) is 14.9 Å². The Bertz CT molecular complexity index is 436. The molecule has 0 spiro atoms. The molecule has 0 saturated carbocycles. The zero-order valence-corrected chi connectivity index (χ0v) is 8.09. The van der Waals surface area contributed by atoms with Gasteiger partial charge in [0.1, 0.15) is 6.04 Å². The first-order chi connectivity index (χ1) is 7.43. The summed E-state index contributed by atoms with van der Waals surface area (Å²) in [6.45, 7) is 0. The predicted octanol–water partition coefficient (Wildman–Crippen LogP) is 0.688. The molecule has 1 atom stereocenters. The topological polar surface area (TPSA) is 106 Å². The average molecular weight is 228 g/mol. The molecule has 0 saturated heterocycles. The van der Waals surface area contributed by atoms with Crippen molar-refractivity contribution in [3.05, 3.63) is 39.7 Å². The molecule has 1 aromatic rings. The van der Waals surface area contributed by atoms with Crippen LogP contribution in [-0.2, 0) is 11.2 Å². The van der Waals surface area contributed by atoms with E-state index in [1.807, 2.05) is 0 Å². The van der Waals surface area contributed by atoms with Gasteiger partial charge in [-0.25, -0.2) is 0 Å². The van der Waals surface area contributed by atoms with Crippen LogP contribution in [0.3, 0.4) is 0 Å². The van der Waals surface area contributed by atoms with E-state index in [4.69, 9.17) is 10.8 Å². The summed E-state index contributed by atoms with van der Waals surface area (Å²) in [5.74, 6) is -2.32. The van der Waals surface area contributed by atoms with Crippen molar-refractivity contribution in [1.29, 1.82) is 0 Å². The Labute approximate surface area is 89.6 Å². The fraction of sp³-hybridized carbons (Fsp3) is 0.222. The molecule has 86 valence electrons. The number of nitrogens with two attached hydrogens (primary N) is 1. The zero-order valence-electron chi connectivity index (χ0n) is 8.09. The molecule has 3 N–H and O–H groups in total. The molecule has 0 aliphatic heterocycles. The first-order valence-electron chi connectivity index (χ1n) is 4.33. The Morgan fingerprint density at radius 2 is 2.25 bits per heavy atom. The van der Waals surface area contributed by atoms with Crippen molar-refractivity contribution in [1.82, 2.24) is 0 Å². The van der Waals surface area contributed by atoms with Gasteiger partial charge in [-0.05, 0) is 5.56 Å². The summed E-state index contributed by atoms with van der Waals surface area (Å²) in [6, 6.07) is 2.28. The molecule has 1 rings (SSSR count). The molecular weight excluding hydrogens is 219 g/mol. The highest BCUT2D eigenvalue weighted by Crippen LogP contribution is 2.20. The molecule has 0 radical (unpaired) electrons. The minimum atomic E-state index is -1.29. The highest BCUT2D eigenvalue weighted by molar-refractivity contribution is 5.73. The molecule has 7 heteroatoms. The predicted molar refractivity (Wildman–Crippen MR) is 52.4 cm³/mol. The summed E-state index contributed by atoms with van der Waals surface area (Å²) in [5, 5.41) is 18.9. The van der Waals surface area contributed by atoms with Crippen molar-refractivity contribution >= 4 is 11.7 Å². The maximum Gasteiger partial charge on any atom is 0.320 e. The average Bonchev–Trinajstić information content (AvgIpc) is 2.20. The smallest absolute Gasteiger partial charge is 0.320 e. The Morgan fingerprint density at radius 3 is 2.75 bits per heavy atom. The monoisotopic (exact) mass is 228 g/mol. The number of hydrogen-bond acceptors (Lipinski definition) is 4. The summed E-state index contributed by atoms with van der Waals surface area (Å²) in [5.41, 5.74) is 4.44. The van der Waals surface area contributed by atoms with Crippen LogP contribution in [0.1, 0.15) is 5.56 Å². The molecule has 0 amide bonds. The molecule has 0 bridgehead atoms. The number of carbonyl (C=O) groups is 1. The maximum absolute atomic E-state index is 13.5. The summed E-state index contributed by atoms with van der Waals surface area (Å²) in [6.07, 6.45) is -0.289. The molecule has 0 fully saturated rings. The van der Waals surface area contributed by atoms with Crippen molar-refractivity contribution in [2.24, 2.45) is 5.73 Å². The van der Waals surface area contributed by atoms with E-state index in [1.54, 1.807) is 0 Å². The molecular formula is C9H9FN2O4. The van der Waals surface area contributed by atoms with E-state index in [0.29, 0.717) is 0 Å². The van der Waals surface area contributed by atoms with Crippen LogP contribution in [0.25, 0.3) is 0 Å². The van der Waals surface area contributed by atoms with Crippen LogP contribution in [0.5, 0.6) is 0 Å². The highest BCUT2D eigenvalue weighted by atomic mass is 19.1. The highest BCUT2D eigenvalue weighted by Gasteiger charge is 2.20. The van der Waals surface area contributed by atoms with Gasteiger partial charge in [0, 0.05) is 12.5 Å². The van der Waals surface area contributed by atoms with Crippen LogP contribution in [0.2, 0.25) is 0 Å². The Balaban J connectivity index is 3.02. The van der Waals surface area contributed by atoms with Gasteiger partial charge in [0.25, 0.3) is 0 Å². The lowest BCUT2D eigenvalue weighted by Gasteiger charge is -2.07. The van der Waals surface area contributed by atoms with E-state index in [0.717, 1.165) is 6.07 Å². The number of nitrogens with zero attached hydrogens (tertiary/aromatic N) is 1. The van der Waals surface area contributed by atoms with E-state index in [1.165, 1.54) is 12.1 Å². The fourth-order valence-electron chi connectivity index (χ4n) is 1.19. The van der Waals surface area contributed by atoms with Gasteiger partial charge in [0.05, 0.1) is 4.92 Å². The van der Waals surface area contributed by atoms with Gasteiger partial charge in [-0.1, -0.05) is 12.1 Å². The second kappa shape index (κ2) is 4.67. The zero-order chi connectivity index (χ0) is 12.3. The van der Waals surface area contributed by atoms with Gasteiger partial charge in [-0.2, -0.15) is 4.39 Å². The molecule has 1 aromatic carbocycles. The number of rotatable bonds is 4. The lowest BCUT2D eigenvalue weighted by molar-refractivity contribution is -0.387. The molecule has 0 aromatic heterocycles. The number of nitro groups is 1. The fourth-order valence-corrected chi connectivity index (χ4v) is 1.19. The summed E-state index contributed by atoms with van der Waals surface area (Å²) in [7, 11) is 0. The van der Waals surface area contributed by atoms with E-state index in [-0.39, 0.29) is 12.0 Å². The normalized spacial score (nSPS) is 12.1. The first-order valence-corrected chi connectivity index (χ1v) is 4.33. The van der Waals surface area contributed by atoms with Gasteiger partial charge >= 0.3 is 11.7 Å². The number of aliphatic carboxylic acids is 1. The molecule has 6 nitrogen and oxygen atoms in total. The number of benzene rings is 1. The molecule has 16 heavy (non-hydrogen) atoms. The lowest BCUT2D eigenvalue weighted by atomic mass is 10.1. The lowest BCUT2D eigenvalue weighted by Crippen LogP contribution is -2.32. The van der Waals surface area contributed by atoms with Crippen LogP contribution < -0.4 is 5.73 Å². The van der Waals surface area contributed by atoms with E-state index in [9.17, 15) is 19.3 Å². The molecule has 0 aliphatic carbocycles. The third-order valence-electron chi connectivity index (χ3n) is 2.01. The van der Waals surface area contributed by atoms with Gasteiger partial charge < -0.3 is 10.8 Å². The number of nitro benzene ring substituents is 1. The van der Waals surface area contributed by atoms with Gasteiger partial charge in [-0.15, -0.1) is 0 Å². The van der Waals surface area contributed by atoms with Gasteiger partial charge in [0.2, 0.25) is 5.82 Å². The van der Waals surface area contributed by atoms with Crippen molar-refractivity contribution in [3.8, 4) is 0 Å². The first kappa shape index (κ1) is 12.1. The van der Waals surface area contributed by atoms with Crippen molar-refractivity contribution in [2.75, 3.05) is 0 Å². The Hall–Kier alpha value is -2.02. The summed E-state index contributed by atoms with van der Waals surface area (Å²) >= 11 is 0. The number of carboxylic acid groups (broad SMARTS) is 1. The number of halogens is 1. The number of carboxylic acids is 1.